The summed E-state index contributed by atoms with van der Waals surface area (Å²) in [6.45, 7) is 27.4. The number of pyridine rings is 1. The number of hydrogen-bond donors (Lipinski definition) is 0. The number of nitrogens with zero attached hydrogens (tertiary/aromatic N) is 5. The van der Waals surface area contributed by atoms with Crippen LogP contribution in [-0.4, -0.2) is 4.40 Å². The average molecular weight is 448 g/mol. The monoisotopic (exact) mass is 447 g/mol. The molecule has 0 aliphatic carbocycles. The van der Waals surface area contributed by atoms with E-state index in [0.717, 1.165) is 38.5 Å². The smallest absolute Gasteiger partial charge is 0.203 e. The third-order valence-corrected chi connectivity index (χ3v) is 6.46. The van der Waals surface area contributed by atoms with Gasteiger partial charge in [0.05, 0.1) is 36.9 Å². The first-order valence-electron chi connectivity index (χ1n) is 10.9. The van der Waals surface area contributed by atoms with Crippen molar-refractivity contribution in [2.24, 2.45) is 0 Å². The molecule has 0 aliphatic rings. The maximum Gasteiger partial charge on any atom is 0.203 e. The molecule has 0 amide bonds. The van der Waals surface area contributed by atoms with Crippen molar-refractivity contribution < 1.29 is 0 Å². The topological polar surface area (TPSA) is 41.3 Å². The highest BCUT2D eigenvalue weighted by Crippen LogP contribution is 2.50. The Bertz CT molecular complexity index is 1910. The number of aryl methyl sites for hydroxylation is 2. The summed E-state index contributed by atoms with van der Waals surface area (Å²) in [5.41, 5.74) is 5.32. The molecule has 0 aliphatic heterocycles. The van der Waals surface area contributed by atoms with E-state index in [2.05, 4.69) is 20.6 Å². The first-order chi connectivity index (χ1) is 17.0. The van der Waals surface area contributed by atoms with Gasteiger partial charge in [0.1, 0.15) is 0 Å². The summed E-state index contributed by atoms with van der Waals surface area (Å²) in [5.74, 6) is 0. The Morgan fingerprint density at radius 2 is 1.51 bits per heavy atom. The predicted molar refractivity (Wildman–Crippen MR) is 141 cm³/mol. The molecule has 2 heterocycles. The lowest BCUT2D eigenvalue weighted by Crippen LogP contribution is -1.98. The van der Waals surface area contributed by atoms with Crippen molar-refractivity contribution in [1.29, 1.82) is 5.26 Å². The van der Waals surface area contributed by atoms with Crippen molar-refractivity contribution in [3.63, 3.8) is 0 Å². The van der Waals surface area contributed by atoms with Crippen LogP contribution < -0.4 is 0 Å². The van der Waals surface area contributed by atoms with Crippen molar-refractivity contribution in [3.05, 3.63) is 117 Å². The first-order valence-corrected chi connectivity index (χ1v) is 10.9. The lowest BCUT2D eigenvalue weighted by Gasteiger charge is -2.17. The lowest BCUT2D eigenvalue weighted by molar-refractivity contribution is 1.25. The van der Waals surface area contributed by atoms with Crippen LogP contribution in [0.3, 0.4) is 0 Å². The van der Waals surface area contributed by atoms with Crippen LogP contribution in [0.15, 0.2) is 54.7 Å². The molecular weight excluding hydrogens is 430 g/mol. The van der Waals surface area contributed by atoms with Crippen LogP contribution in [-0.2, 0) is 0 Å². The van der Waals surface area contributed by atoms with E-state index in [1.165, 1.54) is 0 Å². The van der Waals surface area contributed by atoms with Gasteiger partial charge in [-0.3, -0.25) is 14.5 Å². The lowest BCUT2D eigenvalue weighted by atomic mass is 9.94. The van der Waals surface area contributed by atoms with Gasteiger partial charge in [-0.1, -0.05) is 60.7 Å². The van der Waals surface area contributed by atoms with Crippen LogP contribution in [0, 0.1) is 44.9 Å². The summed E-state index contributed by atoms with van der Waals surface area (Å²) in [4.78, 5) is 10.8. The van der Waals surface area contributed by atoms with Gasteiger partial charge in [-0.15, -0.1) is 0 Å². The maximum absolute atomic E-state index is 10.2. The average Bonchev–Trinajstić information content (AvgIpc) is 3.27. The minimum atomic E-state index is -0.0715. The van der Waals surface area contributed by atoms with Crippen molar-refractivity contribution >= 4 is 56.4 Å². The van der Waals surface area contributed by atoms with E-state index in [9.17, 15) is 5.26 Å². The molecular formula is C30H17N5. The van der Waals surface area contributed by atoms with Gasteiger partial charge in [-0.2, -0.15) is 5.26 Å². The molecule has 3 aromatic carbocycles. The zero-order valence-electron chi connectivity index (χ0n) is 19.1. The number of benzene rings is 3. The van der Waals surface area contributed by atoms with E-state index in [-0.39, 0.29) is 22.6 Å². The van der Waals surface area contributed by atoms with Gasteiger partial charge in [0.25, 0.3) is 0 Å². The summed E-state index contributed by atoms with van der Waals surface area (Å²) in [5, 5.41) is 12.7. The number of rotatable bonds is 2. The quantitative estimate of drug-likeness (QED) is 0.250. The van der Waals surface area contributed by atoms with Crippen molar-refractivity contribution in [1.82, 2.24) is 4.40 Å². The highest BCUT2D eigenvalue weighted by atomic mass is 14.9. The predicted octanol–water partition coefficient (Wildman–Crippen LogP) is 8.56. The highest BCUT2D eigenvalue weighted by molar-refractivity contribution is 6.16. The fourth-order valence-corrected chi connectivity index (χ4v) is 4.81. The fourth-order valence-electron chi connectivity index (χ4n) is 4.81. The summed E-state index contributed by atoms with van der Waals surface area (Å²) in [6.07, 6.45) is 5.90. The van der Waals surface area contributed by atoms with Gasteiger partial charge in [-0.25, -0.2) is 0 Å². The molecule has 0 radical (unpaired) electrons. The van der Waals surface area contributed by atoms with Crippen LogP contribution in [0.25, 0.3) is 53.9 Å². The van der Waals surface area contributed by atoms with E-state index >= 15 is 0 Å². The summed E-state index contributed by atoms with van der Waals surface area (Å²) >= 11 is 0. The molecule has 2 aromatic heterocycles. The Kier molecular flexibility index (Phi) is 5.04. The molecule has 0 saturated heterocycles. The fraction of sp³-hybridized carbons (Fsp3) is 0.0667. The van der Waals surface area contributed by atoms with Gasteiger partial charge in [0.2, 0.25) is 11.4 Å². The molecule has 35 heavy (non-hydrogen) atoms. The standard InChI is InChI=1S/C30H17N5/c1-18-10-6-7-11-20(18)14-15-22-19(2)29-23-13-9-8-12-21(23)17-35(29)30-24(16-31)26(32-3)28(34-5)27(33-4)25(22)30/h6-15,17H,1-2H3/b15-14-. The number of fused-ring (bicyclic) bond motifs is 5. The van der Waals surface area contributed by atoms with Gasteiger partial charge < -0.3 is 4.40 Å². The van der Waals surface area contributed by atoms with Crippen molar-refractivity contribution in [2.45, 2.75) is 13.8 Å². The number of hydrogen-bond acceptors (Lipinski definition) is 1. The summed E-state index contributed by atoms with van der Waals surface area (Å²) in [7, 11) is 0. The van der Waals surface area contributed by atoms with Crippen LogP contribution in [0.1, 0.15) is 27.8 Å². The maximum atomic E-state index is 10.2. The molecule has 5 nitrogen and oxygen atoms in total. The number of nitriles is 1. The Morgan fingerprint density at radius 1 is 0.829 bits per heavy atom. The van der Waals surface area contributed by atoms with E-state index < -0.39 is 0 Å². The molecule has 0 bridgehead atoms. The molecule has 0 unspecified atom stereocenters. The second kappa shape index (κ2) is 8.20. The Morgan fingerprint density at radius 3 is 2.20 bits per heavy atom. The molecule has 162 valence electrons. The zero-order chi connectivity index (χ0) is 24.7. The molecule has 0 N–H and O–H groups in total. The SMILES string of the molecule is [C-]#[N+]c1c([N+]#[C-])c(C#N)c2c(c(/C=C\c3ccccc3C)c(C)c3c4ccccc4cn23)c1[N+]#[C-]. The van der Waals surface area contributed by atoms with Gasteiger partial charge >= 0.3 is 0 Å². The van der Waals surface area contributed by atoms with Crippen LogP contribution >= 0.6 is 0 Å². The Hall–Kier alpha value is -5.36. The van der Waals surface area contributed by atoms with Crippen LogP contribution in [0.4, 0.5) is 17.1 Å². The van der Waals surface area contributed by atoms with Crippen molar-refractivity contribution in [3.8, 4) is 6.07 Å². The van der Waals surface area contributed by atoms with Crippen LogP contribution in [0.5, 0.6) is 0 Å². The van der Waals surface area contributed by atoms with E-state index in [4.69, 9.17) is 19.7 Å². The number of aromatic nitrogens is 1. The molecule has 0 atom stereocenters. The van der Waals surface area contributed by atoms with Gasteiger partial charge in [0, 0.05) is 22.5 Å². The third kappa shape index (κ3) is 3.05. The highest BCUT2D eigenvalue weighted by Gasteiger charge is 2.26. The molecule has 0 fully saturated rings. The minimum Gasteiger partial charge on any atom is -0.316 e. The summed E-state index contributed by atoms with van der Waals surface area (Å²) < 4.78 is 1.91. The van der Waals surface area contributed by atoms with Crippen molar-refractivity contribution in [2.75, 3.05) is 0 Å². The third-order valence-electron chi connectivity index (χ3n) is 6.46. The van der Waals surface area contributed by atoms with Gasteiger partial charge in [0.15, 0.2) is 5.69 Å². The minimum absolute atomic E-state index is 0.0694. The Labute approximate surface area is 202 Å². The second-order valence-electron chi connectivity index (χ2n) is 8.26. The molecule has 0 spiro atoms. The molecule has 0 saturated carbocycles. The molecule has 5 rings (SSSR count). The molecule has 5 heteroatoms. The van der Waals surface area contributed by atoms with E-state index in [0.29, 0.717) is 10.9 Å². The van der Waals surface area contributed by atoms with Gasteiger partial charge in [-0.05, 0) is 41.5 Å². The Balaban J connectivity index is 2.10. The second-order valence-corrected chi connectivity index (χ2v) is 8.26. The molecule has 5 aromatic rings. The largest absolute Gasteiger partial charge is 0.316 e. The van der Waals surface area contributed by atoms with Crippen LogP contribution in [0.2, 0.25) is 0 Å². The van der Waals surface area contributed by atoms with E-state index in [1.54, 1.807) is 0 Å². The van der Waals surface area contributed by atoms with E-state index in [1.807, 2.05) is 85.1 Å². The normalized spacial score (nSPS) is 10.9. The summed E-state index contributed by atoms with van der Waals surface area (Å²) in [6, 6.07) is 18.1. The first kappa shape index (κ1) is 21.5. The zero-order valence-corrected chi connectivity index (χ0v) is 19.1.